The molecule has 0 aliphatic heterocycles. The molecular weight excluding hydrogens is 502 g/mol. The fraction of sp³-hybridized carbons (Fsp3) is 0.355. The Bertz CT molecular complexity index is 1450. The summed E-state index contributed by atoms with van der Waals surface area (Å²) in [7, 11) is 0. The summed E-state index contributed by atoms with van der Waals surface area (Å²) in [5.74, 6) is -0.637. The predicted octanol–water partition coefficient (Wildman–Crippen LogP) is 6.41. The van der Waals surface area contributed by atoms with Crippen LogP contribution in [-0.2, 0) is 22.4 Å². The van der Waals surface area contributed by atoms with Crippen LogP contribution in [0.15, 0.2) is 59.5 Å². The van der Waals surface area contributed by atoms with Gasteiger partial charge >= 0.3 is 5.97 Å². The molecule has 0 radical (unpaired) electrons. The van der Waals surface area contributed by atoms with E-state index in [-0.39, 0.29) is 23.5 Å². The Balaban J connectivity index is 1.63. The zero-order chi connectivity index (χ0) is 27.6. The van der Waals surface area contributed by atoms with E-state index >= 15 is 0 Å². The number of aromatic nitrogens is 1. The number of carbonyl (C=O) groups excluding carboxylic acids is 3. The van der Waals surface area contributed by atoms with Gasteiger partial charge in [-0.15, -0.1) is 0 Å². The number of Topliss-reactive ketones (excluding diaryl/α,β-unsaturated/α-hetero) is 2. The second-order valence-corrected chi connectivity index (χ2v) is 11.1. The van der Waals surface area contributed by atoms with Crippen LogP contribution in [-0.4, -0.2) is 27.7 Å². The lowest BCUT2D eigenvalue weighted by molar-refractivity contribution is -0.121. The van der Waals surface area contributed by atoms with Crippen LogP contribution < -0.4 is 5.56 Å². The lowest BCUT2D eigenvalue weighted by atomic mass is 9.88. The largest absolute Gasteiger partial charge is 0.456 e. The molecule has 0 spiro atoms. The van der Waals surface area contributed by atoms with Crippen molar-refractivity contribution in [3.8, 4) is 11.1 Å². The number of halogens is 1. The molecule has 1 unspecified atom stereocenters. The third-order valence-electron chi connectivity index (χ3n) is 6.65. The number of esters is 1. The molecule has 1 atom stereocenters. The van der Waals surface area contributed by atoms with Crippen LogP contribution >= 0.6 is 11.6 Å². The maximum absolute atomic E-state index is 13.4. The molecule has 0 N–H and O–H groups in total. The summed E-state index contributed by atoms with van der Waals surface area (Å²) in [5.41, 5.74) is 3.00. The van der Waals surface area contributed by atoms with Crippen LogP contribution in [0.5, 0.6) is 0 Å². The Morgan fingerprint density at radius 3 is 2.34 bits per heavy atom. The number of aryl methyl sites for hydroxylation is 1. The van der Waals surface area contributed by atoms with Gasteiger partial charge < -0.3 is 9.30 Å². The molecule has 1 aliphatic carbocycles. The van der Waals surface area contributed by atoms with E-state index in [1.165, 1.54) is 10.6 Å². The molecule has 6 nitrogen and oxygen atoms in total. The molecule has 2 aromatic carbocycles. The van der Waals surface area contributed by atoms with Gasteiger partial charge in [-0.2, -0.15) is 0 Å². The molecule has 1 aromatic heterocycles. The number of carbonyl (C=O) groups is 3. The Labute approximate surface area is 227 Å². The molecule has 38 heavy (non-hydrogen) atoms. The van der Waals surface area contributed by atoms with Gasteiger partial charge in [0.25, 0.3) is 5.56 Å². The third-order valence-corrected chi connectivity index (χ3v) is 6.89. The van der Waals surface area contributed by atoms with Crippen LogP contribution in [0.25, 0.3) is 11.1 Å². The maximum Gasteiger partial charge on any atom is 0.338 e. The van der Waals surface area contributed by atoms with Crippen molar-refractivity contribution >= 4 is 29.1 Å². The van der Waals surface area contributed by atoms with Gasteiger partial charge in [0.05, 0.1) is 11.6 Å². The quantitative estimate of drug-likeness (QED) is 0.342. The van der Waals surface area contributed by atoms with Gasteiger partial charge in [-0.25, -0.2) is 4.79 Å². The van der Waals surface area contributed by atoms with Crippen LogP contribution in [0.3, 0.4) is 0 Å². The fourth-order valence-corrected chi connectivity index (χ4v) is 4.99. The third kappa shape index (κ3) is 6.13. The summed E-state index contributed by atoms with van der Waals surface area (Å²) in [6.45, 7) is 7.25. The number of ketones is 2. The first-order valence-corrected chi connectivity index (χ1v) is 13.3. The molecule has 3 aromatic rings. The van der Waals surface area contributed by atoms with Crippen LogP contribution in [0, 0.1) is 0 Å². The van der Waals surface area contributed by atoms with Crippen molar-refractivity contribution < 1.29 is 19.1 Å². The predicted molar refractivity (Wildman–Crippen MR) is 148 cm³/mol. The van der Waals surface area contributed by atoms with Crippen molar-refractivity contribution in [1.29, 1.82) is 0 Å². The molecule has 4 rings (SSSR count). The van der Waals surface area contributed by atoms with Crippen molar-refractivity contribution in [1.82, 2.24) is 4.57 Å². The first kappa shape index (κ1) is 27.5. The molecular formula is C31H32ClNO5. The van der Waals surface area contributed by atoms with E-state index in [1.807, 2.05) is 19.1 Å². The number of rotatable bonds is 6. The van der Waals surface area contributed by atoms with E-state index in [2.05, 4.69) is 0 Å². The van der Waals surface area contributed by atoms with Gasteiger partial charge in [0, 0.05) is 35.7 Å². The normalized spacial score (nSPS) is 14.1. The minimum absolute atomic E-state index is 0.0561. The molecule has 1 heterocycles. The van der Waals surface area contributed by atoms with E-state index in [0.717, 1.165) is 23.1 Å². The van der Waals surface area contributed by atoms with Crippen LogP contribution in [0.2, 0.25) is 5.02 Å². The number of pyridine rings is 1. The molecule has 198 valence electrons. The molecule has 0 bridgehead atoms. The Morgan fingerprint density at radius 1 is 0.974 bits per heavy atom. The van der Waals surface area contributed by atoms with Gasteiger partial charge in [0.1, 0.15) is 5.60 Å². The Morgan fingerprint density at radius 2 is 1.68 bits per heavy atom. The van der Waals surface area contributed by atoms with Gasteiger partial charge in [-0.05, 0) is 86.6 Å². The number of ether oxygens (including phenoxy) is 1. The highest BCUT2D eigenvalue weighted by molar-refractivity contribution is 6.31. The second-order valence-electron chi connectivity index (χ2n) is 10.7. The van der Waals surface area contributed by atoms with Crippen molar-refractivity contribution in [2.75, 3.05) is 0 Å². The average molecular weight is 534 g/mol. The zero-order valence-corrected chi connectivity index (χ0v) is 22.9. The minimum Gasteiger partial charge on any atom is -0.456 e. The SMILES string of the molecule is CCC(C(=O)Cc1ccc(C(=O)OC(C)(C)C)cc1)n1cc2c(cc1=O)-c1cc(Cl)ccc1CCCC2=O. The molecule has 0 fully saturated rings. The highest BCUT2D eigenvalue weighted by Gasteiger charge is 2.25. The summed E-state index contributed by atoms with van der Waals surface area (Å²) in [6, 6.07) is 13.0. The fourth-order valence-electron chi connectivity index (χ4n) is 4.82. The standard InChI is InChI=1S/C31H32ClNO5/c1-5-26(28(35)15-19-9-11-21(12-10-19)30(37)38-31(2,3)4)33-18-25-24(17-29(33)36)23-16-22(32)14-13-20(23)7-6-8-27(25)34/h9-14,16-18,26H,5-8,15H2,1-4H3. The Hall–Kier alpha value is -3.51. The molecule has 0 saturated heterocycles. The first-order valence-electron chi connectivity index (χ1n) is 12.9. The van der Waals surface area contributed by atoms with E-state index < -0.39 is 17.6 Å². The Kier molecular flexibility index (Phi) is 8.02. The molecule has 7 heteroatoms. The van der Waals surface area contributed by atoms with E-state index in [9.17, 15) is 19.2 Å². The van der Waals surface area contributed by atoms with E-state index in [0.29, 0.717) is 41.0 Å². The van der Waals surface area contributed by atoms with E-state index in [1.54, 1.807) is 57.3 Å². The number of hydrogen-bond acceptors (Lipinski definition) is 5. The summed E-state index contributed by atoms with van der Waals surface area (Å²) in [5, 5.41) is 0.534. The van der Waals surface area contributed by atoms with Crippen molar-refractivity contribution in [2.24, 2.45) is 0 Å². The van der Waals surface area contributed by atoms with Gasteiger partial charge in [0.2, 0.25) is 0 Å². The van der Waals surface area contributed by atoms with Gasteiger partial charge in [0.15, 0.2) is 11.6 Å². The summed E-state index contributed by atoms with van der Waals surface area (Å²) in [6.07, 6.45) is 3.81. The molecule has 0 saturated carbocycles. The topological polar surface area (TPSA) is 82.4 Å². The van der Waals surface area contributed by atoms with Crippen LogP contribution in [0.4, 0.5) is 0 Å². The molecule has 0 amide bonds. The monoisotopic (exact) mass is 533 g/mol. The summed E-state index contributed by atoms with van der Waals surface area (Å²) >= 11 is 6.25. The minimum atomic E-state index is -0.726. The lowest BCUT2D eigenvalue weighted by Crippen LogP contribution is -2.31. The average Bonchev–Trinajstić information content (AvgIpc) is 2.84. The summed E-state index contributed by atoms with van der Waals surface area (Å²) < 4.78 is 6.78. The van der Waals surface area contributed by atoms with Crippen molar-refractivity contribution in [3.63, 3.8) is 0 Å². The summed E-state index contributed by atoms with van der Waals surface area (Å²) in [4.78, 5) is 52.0. The number of hydrogen-bond donors (Lipinski definition) is 0. The molecule has 1 aliphatic rings. The highest BCUT2D eigenvalue weighted by atomic mass is 35.5. The van der Waals surface area contributed by atoms with E-state index in [4.69, 9.17) is 16.3 Å². The smallest absolute Gasteiger partial charge is 0.338 e. The highest BCUT2D eigenvalue weighted by Crippen LogP contribution is 2.33. The zero-order valence-electron chi connectivity index (χ0n) is 22.2. The van der Waals surface area contributed by atoms with Crippen molar-refractivity contribution in [2.45, 2.75) is 71.4 Å². The number of fused-ring (bicyclic) bond motifs is 3. The lowest BCUT2D eigenvalue weighted by Gasteiger charge is -2.22. The van der Waals surface area contributed by atoms with Gasteiger partial charge in [-0.1, -0.05) is 36.7 Å². The number of benzene rings is 2. The van der Waals surface area contributed by atoms with Crippen molar-refractivity contribution in [3.05, 3.63) is 92.4 Å². The maximum atomic E-state index is 13.4. The second kappa shape index (κ2) is 11.1. The first-order chi connectivity index (χ1) is 18.0. The van der Waals surface area contributed by atoms with Gasteiger partial charge in [-0.3, -0.25) is 14.4 Å². The number of nitrogens with zero attached hydrogens (tertiary/aromatic N) is 1. The van der Waals surface area contributed by atoms with Crippen LogP contribution in [0.1, 0.15) is 84.8 Å².